The van der Waals surface area contributed by atoms with Crippen LogP contribution in [-0.2, 0) is 0 Å². The normalized spacial score (nSPS) is 13.9. The number of methoxy groups -OCH3 is 1. The van der Waals surface area contributed by atoms with Gasteiger partial charge in [-0.15, -0.1) is 0 Å². The second-order valence-electron chi connectivity index (χ2n) is 5.54. The average Bonchev–Trinajstić information content (AvgIpc) is 3.09. The lowest BCUT2D eigenvalue weighted by Crippen LogP contribution is -2.21. The predicted octanol–water partition coefficient (Wildman–Crippen LogP) is 4.20. The summed E-state index contributed by atoms with van der Waals surface area (Å²) >= 11 is 6.11. The highest BCUT2D eigenvalue weighted by atomic mass is 35.5. The van der Waals surface area contributed by atoms with E-state index in [0.717, 1.165) is 30.2 Å². The summed E-state index contributed by atoms with van der Waals surface area (Å²) in [6.07, 6.45) is 2.35. The van der Waals surface area contributed by atoms with Gasteiger partial charge in [-0.1, -0.05) is 11.6 Å². The first-order chi connectivity index (χ1) is 11.2. The highest BCUT2D eigenvalue weighted by Gasteiger charge is 2.17. The van der Waals surface area contributed by atoms with Crippen molar-refractivity contribution in [3.8, 4) is 5.75 Å². The number of hydrogen-bond acceptors (Lipinski definition) is 3. The zero-order valence-corrected chi connectivity index (χ0v) is 13.8. The monoisotopic (exact) mass is 330 g/mol. The van der Waals surface area contributed by atoms with E-state index < -0.39 is 0 Å². The molecule has 0 unspecified atom stereocenters. The van der Waals surface area contributed by atoms with E-state index in [1.165, 1.54) is 12.8 Å². The molecular weight excluding hydrogens is 312 g/mol. The Morgan fingerprint density at radius 2 is 1.83 bits per heavy atom. The maximum absolute atomic E-state index is 12.5. The zero-order valence-electron chi connectivity index (χ0n) is 13.0. The largest absolute Gasteiger partial charge is 0.497 e. The van der Waals surface area contributed by atoms with Crippen molar-refractivity contribution in [2.75, 3.05) is 30.4 Å². The molecule has 23 heavy (non-hydrogen) atoms. The average molecular weight is 331 g/mol. The Morgan fingerprint density at radius 3 is 2.48 bits per heavy atom. The third-order valence-electron chi connectivity index (χ3n) is 4.01. The predicted molar refractivity (Wildman–Crippen MR) is 93.8 cm³/mol. The molecule has 0 saturated carbocycles. The lowest BCUT2D eigenvalue weighted by molar-refractivity contribution is 0.102. The Kier molecular flexibility index (Phi) is 4.72. The Labute approximate surface area is 141 Å². The summed E-state index contributed by atoms with van der Waals surface area (Å²) in [5.41, 5.74) is 2.35. The molecule has 1 N–H and O–H groups in total. The summed E-state index contributed by atoms with van der Waals surface area (Å²) in [5.74, 6) is 0.567. The first-order valence-corrected chi connectivity index (χ1v) is 8.05. The van der Waals surface area contributed by atoms with Crippen LogP contribution < -0.4 is 15.0 Å². The molecule has 0 bridgehead atoms. The van der Waals surface area contributed by atoms with Gasteiger partial charge in [0.2, 0.25) is 0 Å². The number of nitrogens with one attached hydrogen (secondary N) is 1. The Bertz CT molecular complexity index is 695. The topological polar surface area (TPSA) is 41.6 Å². The van der Waals surface area contributed by atoms with Gasteiger partial charge < -0.3 is 15.0 Å². The molecule has 0 aromatic heterocycles. The standard InChI is InChI=1S/C18H19ClN2O2/c1-23-15-7-4-13(5-8-15)18(22)20-16-12-14(19)6-9-17(16)21-10-2-3-11-21/h4-9,12H,2-3,10-11H2,1H3,(H,20,22). The van der Waals surface area contributed by atoms with Crippen molar-refractivity contribution >= 4 is 28.9 Å². The SMILES string of the molecule is COc1ccc(C(=O)Nc2cc(Cl)ccc2N2CCCC2)cc1. The van der Waals surface area contributed by atoms with Crippen LogP contribution in [0.15, 0.2) is 42.5 Å². The van der Waals surface area contributed by atoms with Crippen LogP contribution in [0, 0.1) is 0 Å². The van der Waals surface area contributed by atoms with Crippen LogP contribution in [0.2, 0.25) is 5.02 Å². The molecule has 0 aliphatic carbocycles. The number of carbonyl (C=O) groups excluding carboxylic acids is 1. The van der Waals surface area contributed by atoms with E-state index in [2.05, 4.69) is 10.2 Å². The third-order valence-corrected chi connectivity index (χ3v) is 4.24. The summed E-state index contributed by atoms with van der Waals surface area (Å²) in [6.45, 7) is 2.01. The highest BCUT2D eigenvalue weighted by Crippen LogP contribution is 2.32. The van der Waals surface area contributed by atoms with Crippen LogP contribution in [0.5, 0.6) is 5.75 Å². The first-order valence-electron chi connectivity index (χ1n) is 7.67. The van der Waals surface area contributed by atoms with Crippen LogP contribution in [0.4, 0.5) is 11.4 Å². The van der Waals surface area contributed by atoms with Gasteiger partial charge in [0.05, 0.1) is 18.5 Å². The number of halogens is 1. The molecule has 2 aromatic rings. The van der Waals surface area contributed by atoms with Crippen LogP contribution in [0.3, 0.4) is 0 Å². The molecule has 2 aromatic carbocycles. The number of amides is 1. The smallest absolute Gasteiger partial charge is 0.255 e. The van der Waals surface area contributed by atoms with Crippen molar-refractivity contribution in [3.63, 3.8) is 0 Å². The van der Waals surface area contributed by atoms with E-state index >= 15 is 0 Å². The van der Waals surface area contributed by atoms with Gasteiger partial charge in [-0.3, -0.25) is 4.79 Å². The van der Waals surface area contributed by atoms with E-state index in [4.69, 9.17) is 16.3 Å². The van der Waals surface area contributed by atoms with Gasteiger partial charge in [0.1, 0.15) is 5.75 Å². The fraction of sp³-hybridized carbons (Fsp3) is 0.278. The van der Waals surface area contributed by atoms with Gasteiger partial charge in [-0.25, -0.2) is 0 Å². The summed E-state index contributed by atoms with van der Waals surface area (Å²) in [6, 6.07) is 12.7. The lowest BCUT2D eigenvalue weighted by Gasteiger charge is -2.22. The third kappa shape index (κ3) is 3.59. The molecular formula is C18H19ClN2O2. The molecule has 0 radical (unpaired) electrons. The number of hydrogen-bond donors (Lipinski definition) is 1. The van der Waals surface area contributed by atoms with Gasteiger partial charge in [-0.05, 0) is 55.3 Å². The van der Waals surface area contributed by atoms with Crippen LogP contribution in [0.1, 0.15) is 23.2 Å². The fourth-order valence-electron chi connectivity index (χ4n) is 2.78. The van der Waals surface area contributed by atoms with Gasteiger partial charge in [-0.2, -0.15) is 0 Å². The van der Waals surface area contributed by atoms with E-state index in [1.807, 2.05) is 12.1 Å². The van der Waals surface area contributed by atoms with Gasteiger partial charge in [0, 0.05) is 23.7 Å². The Balaban J connectivity index is 1.83. The van der Waals surface area contributed by atoms with E-state index in [1.54, 1.807) is 37.4 Å². The molecule has 1 saturated heterocycles. The molecule has 0 atom stereocenters. The number of anilines is 2. The molecule has 1 amide bonds. The van der Waals surface area contributed by atoms with E-state index in [0.29, 0.717) is 10.6 Å². The second kappa shape index (κ2) is 6.92. The quantitative estimate of drug-likeness (QED) is 0.913. The maximum Gasteiger partial charge on any atom is 0.255 e. The van der Waals surface area contributed by atoms with Crippen LogP contribution >= 0.6 is 11.6 Å². The molecule has 120 valence electrons. The minimum absolute atomic E-state index is 0.157. The molecule has 1 aliphatic heterocycles. The second-order valence-corrected chi connectivity index (χ2v) is 5.97. The van der Waals surface area contributed by atoms with E-state index in [-0.39, 0.29) is 5.91 Å². The van der Waals surface area contributed by atoms with Crippen molar-refractivity contribution in [1.82, 2.24) is 0 Å². The molecule has 1 aliphatic rings. The van der Waals surface area contributed by atoms with Crippen molar-refractivity contribution < 1.29 is 9.53 Å². The number of ether oxygens (including phenoxy) is 1. The molecule has 1 heterocycles. The highest BCUT2D eigenvalue weighted by molar-refractivity contribution is 6.31. The van der Waals surface area contributed by atoms with Gasteiger partial charge in [0.25, 0.3) is 5.91 Å². The van der Waals surface area contributed by atoms with Crippen LogP contribution in [0.25, 0.3) is 0 Å². The molecule has 0 spiro atoms. The van der Waals surface area contributed by atoms with E-state index in [9.17, 15) is 4.79 Å². The van der Waals surface area contributed by atoms with Crippen molar-refractivity contribution in [1.29, 1.82) is 0 Å². The summed E-state index contributed by atoms with van der Waals surface area (Å²) < 4.78 is 5.11. The first kappa shape index (κ1) is 15.7. The number of rotatable bonds is 4. The molecule has 5 heteroatoms. The van der Waals surface area contributed by atoms with Crippen molar-refractivity contribution in [3.05, 3.63) is 53.1 Å². The molecule has 1 fully saturated rings. The lowest BCUT2D eigenvalue weighted by atomic mass is 10.2. The minimum atomic E-state index is -0.157. The Hall–Kier alpha value is -2.20. The minimum Gasteiger partial charge on any atom is -0.497 e. The summed E-state index contributed by atoms with van der Waals surface area (Å²) in [5, 5.41) is 3.59. The molecule has 4 nitrogen and oxygen atoms in total. The van der Waals surface area contributed by atoms with Gasteiger partial charge in [0.15, 0.2) is 0 Å². The van der Waals surface area contributed by atoms with Crippen LogP contribution in [-0.4, -0.2) is 26.1 Å². The fourth-order valence-corrected chi connectivity index (χ4v) is 2.95. The maximum atomic E-state index is 12.5. The summed E-state index contributed by atoms with van der Waals surface area (Å²) in [4.78, 5) is 14.8. The van der Waals surface area contributed by atoms with Crippen molar-refractivity contribution in [2.24, 2.45) is 0 Å². The zero-order chi connectivity index (χ0) is 16.2. The summed E-state index contributed by atoms with van der Waals surface area (Å²) in [7, 11) is 1.60. The Morgan fingerprint density at radius 1 is 1.13 bits per heavy atom. The number of benzene rings is 2. The van der Waals surface area contributed by atoms with Gasteiger partial charge >= 0.3 is 0 Å². The number of nitrogens with zero attached hydrogens (tertiary/aromatic N) is 1. The molecule has 3 rings (SSSR count). The van der Waals surface area contributed by atoms with Crippen molar-refractivity contribution in [2.45, 2.75) is 12.8 Å². The number of carbonyl (C=O) groups is 1.